The van der Waals surface area contributed by atoms with E-state index in [4.69, 9.17) is 33.2 Å². The van der Waals surface area contributed by atoms with E-state index < -0.39 is 161 Å². The molecule has 0 aliphatic carbocycles. The minimum atomic E-state index is -2.07. The van der Waals surface area contributed by atoms with Crippen LogP contribution in [0.2, 0.25) is 0 Å². The molecular formula is C28H48N2O21. The van der Waals surface area contributed by atoms with E-state index >= 15 is 0 Å². The highest BCUT2D eigenvalue weighted by molar-refractivity contribution is 5.73. The molecule has 4 fully saturated rings. The van der Waals surface area contributed by atoms with Crippen LogP contribution in [-0.4, -0.2) is 222 Å². The number of hydrogen-bond acceptors (Lipinski definition) is 21. The Kier molecular flexibility index (Phi) is 14.8. The first-order valence-electron chi connectivity index (χ1n) is 16.1. The summed E-state index contributed by atoms with van der Waals surface area (Å²) in [5.74, 6) is -1.39. The van der Waals surface area contributed by atoms with Crippen LogP contribution in [0.25, 0.3) is 0 Å². The van der Waals surface area contributed by atoms with Gasteiger partial charge in [-0.3, -0.25) is 9.59 Å². The molecule has 4 aliphatic rings. The molecule has 4 heterocycles. The summed E-state index contributed by atoms with van der Waals surface area (Å²) in [5.41, 5.74) is 0. The monoisotopic (exact) mass is 748 g/mol. The van der Waals surface area contributed by atoms with Crippen molar-refractivity contribution in [1.29, 1.82) is 0 Å². The van der Waals surface area contributed by atoms with Crippen molar-refractivity contribution >= 4 is 11.8 Å². The van der Waals surface area contributed by atoms with Crippen molar-refractivity contribution in [1.82, 2.24) is 10.6 Å². The molecule has 2 amide bonds. The molecule has 0 saturated carbocycles. The van der Waals surface area contributed by atoms with Crippen molar-refractivity contribution in [2.45, 2.75) is 137 Å². The van der Waals surface area contributed by atoms with Gasteiger partial charge in [0.25, 0.3) is 0 Å². The smallest absolute Gasteiger partial charge is 0.217 e. The Morgan fingerprint density at radius 3 is 1.49 bits per heavy atom. The lowest BCUT2D eigenvalue weighted by Crippen LogP contribution is -2.69. The highest BCUT2D eigenvalue weighted by atomic mass is 16.8. The van der Waals surface area contributed by atoms with Gasteiger partial charge in [0.15, 0.2) is 25.2 Å². The summed E-state index contributed by atoms with van der Waals surface area (Å²) in [4.78, 5) is 23.8. The summed E-state index contributed by atoms with van der Waals surface area (Å²) in [7, 11) is 0. The second kappa shape index (κ2) is 18.0. The summed E-state index contributed by atoms with van der Waals surface area (Å²) in [6.45, 7) is -1.06. The van der Waals surface area contributed by atoms with E-state index in [0.29, 0.717) is 0 Å². The van der Waals surface area contributed by atoms with E-state index in [9.17, 15) is 70.9 Å². The molecule has 23 nitrogen and oxygen atoms in total. The Balaban J connectivity index is 1.64. The molecule has 4 rings (SSSR count). The zero-order valence-corrected chi connectivity index (χ0v) is 27.4. The molecule has 23 heteroatoms. The quantitative estimate of drug-likeness (QED) is 0.0881. The second-order valence-electron chi connectivity index (χ2n) is 12.7. The van der Waals surface area contributed by atoms with Crippen molar-refractivity contribution < 1.29 is 104 Å². The number of amides is 2. The van der Waals surface area contributed by atoms with Gasteiger partial charge in [-0.1, -0.05) is 0 Å². The molecule has 0 aromatic carbocycles. The summed E-state index contributed by atoms with van der Waals surface area (Å²) in [6, 6.07) is -2.96. The maximum Gasteiger partial charge on any atom is 0.217 e. The van der Waals surface area contributed by atoms with Gasteiger partial charge in [0.05, 0.1) is 26.4 Å². The topological polar surface area (TPSA) is 366 Å². The Morgan fingerprint density at radius 1 is 0.510 bits per heavy atom. The maximum absolute atomic E-state index is 12.0. The average Bonchev–Trinajstić information content (AvgIpc) is 3.08. The van der Waals surface area contributed by atoms with Crippen LogP contribution < -0.4 is 10.6 Å². The van der Waals surface area contributed by atoms with E-state index in [0.717, 1.165) is 13.8 Å². The van der Waals surface area contributed by atoms with Crippen LogP contribution >= 0.6 is 0 Å². The van der Waals surface area contributed by atoms with Gasteiger partial charge < -0.3 is 105 Å². The van der Waals surface area contributed by atoms with E-state index in [1.54, 1.807) is 0 Å². The van der Waals surface area contributed by atoms with Gasteiger partial charge >= 0.3 is 0 Å². The van der Waals surface area contributed by atoms with Gasteiger partial charge in [-0.2, -0.15) is 0 Å². The molecule has 4 saturated heterocycles. The largest absolute Gasteiger partial charge is 0.394 e. The standard InChI is InChI=1S/C28H48N2O21/c1-7(34)29-13-18(39)15(36)9(3-31)47-26(13)45-6-12-17(38)24(51-27-14(30-8(2)35)19(40)16(37)10(4-32)48-27)22(43)28(49-12)50-23-11(5-33)46-25(44)21(42)20(23)41/h9-28,31-33,36-44H,3-6H2,1-2H3,(H,29,34)(H,30,35)/t9-,10-,11-,12-,13-,14-,15-,16-,17+,18-,19-,20-,21-,22-,23-,24+,25-,26-,27+,28+/m1/s1. The molecule has 0 aromatic heterocycles. The molecule has 51 heavy (non-hydrogen) atoms. The number of carbonyl (C=O) groups excluding carboxylic acids is 2. The van der Waals surface area contributed by atoms with Gasteiger partial charge in [-0.25, -0.2) is 0 Å². The molecule has 14 N–H and O–H groups in total. The highest BCUT2D eigenvalue weighted by Crippen LogP contribution is 2.33. The van der Waals surface area contributed by atoms with E-state index in [1.165, 1.54) is 0 Å². The van der Waals surface area contributed by atoms with Gasteiger partial charge in [-0.05, 0) is 0 Å². The Bertz CT molecular complexity index is 1140. The van der Waals surface area contributed by atoms with E-state index in [2.05, 4.69) is 10.6 Å². The molecule has 4 aliphatic heterocycles. The SMILES string of the molecule is CC(=O)N[C@H]1[C@H](OC[C@H]2O[C@@H](O[C@H]3[C@H](O)[C@@H](O)[C@H](O)O[C@@H]3CO)[C@H](O)[C@@H](O[C@@H]3O[C@H](CO)[C@@H](O)[C@H](O)[C@H]3NC(C)=O)[C@H]2O)O[C@H](CO)[C@@H](O)[C@@H]1O. The van der Waals surface area contributed by atoms with Gasteiger partial charge in [0, 0.05) is 13.8 Å². The minimum Gasteiger partial charge on any atom is -0.394 e. The van der Waals surface area contributed by atoms with E-state index in [1.807, 2.05) is 0 Å². The number of ether oxygens (including phenoxy) is 7. The van der Waals surface area contributed by atoms with Crippen LogP contribution in [0.4, 0.5) is 0 Å². The fourth-order valence-corrected chi connectivity index (χ4v) is 6.25. The number of nitrogens with one attached hydrogen (secondary N) is 2. The molecule has 0 spiro atoms. The second-order valence-corrected chi connectivity index (χ2v) is 12.7. The third-order valence-corrected chi connectivity index (χ3v) is 8.99. The highest BCUT2D eigenvalue weighted by Gasteiger charge is 2.54. The molecule has 0 aromatic rings. The molecule has 0 bridgehead atoms. The number of aliphatic hydroxyl groups is 12. The van der Waals surface area contributed by atoms with Gasteiger partial charge in [0.1, 0.15) is 97.5 Å². The predicted octanol–water partition coefficient (Wildman–Crippen LogP) is -9.46. The summed E-state index contributed by atoms with van der Waals surface area (Å²) < 4.78 is 39.2. The Labute approximate surface area is 289 Å². The van der Waals surface area contributed by atoms with Crippen LogP contribution in [0.3, 0.4) is 0 Å². The van der Waals surface area contributed by atoms with Crippen LogP contribution in [0.5, 0.6) is 0 Å². The summed E-state index contributed by atoms with van der Waals surface area (Å²) in [5, 5.41) is 130. The molecule has 0 unspecified atom stereocenters. The average molecular weight is 749 g/mol. The number of carbonyl (C=O) groups is 2. The van der Waals surface area contributed by atoms with Crippen LogP contribution in [0.15, 0.2) is 0 Å². The summed E-state index contributed by atoms with van der Waals surface area (Å²) >= 11 is 0. The van der Waals surface area contributed by atoms with Crippen molar-refractivity contribution in [2.24, 2.45) is 0 Å². The lowest BCUT2D eigenvalue weighted by Gasteiger charge is -2.49. The number of aliphatic hydroxyl groups excluding tert-OH is 12. The Morgan fingerprint density at radius 2 is 0.980 bits per heavy atom. The van der Waals surface area contributed by atoms with Crippen molar-refractivity contribution in [3.8, 4) is 0 Å². The zero-order chi connectivity index (χ0) is 37.9. The van der Waals surface area contributed by atoms with Crippen molar-refractivity contribution in [3.05, 3.63) is 0 Å². The lowest BCUT2D eigenvalue weighted by atomic mass is 9.95. The maximum atomic E-state index is 12.0. The third kappa shape index (κ3) is 9.29. The zero-order valence-electron chi connectivity index (χ0n) is 27.4. The molecule has 296 valence electrons. The molecular weight excluding hydrogens is 700 g/mol. The molecule has 0 radical (unpaired) electrons. The van der Waals surface area contributed by atoms with Crippen LogP contribution in [0, 0.1) is 0 Å². The number of hydrogen-bond donors (Lipinski definition) is 14. The Hall–Kier alpha value is -1.82. The van der Waals surface area contributed by atoms with Crippen LogP contribution in [0.1, 0.15) is 13.8 Å². The normalized spacial score (nSPS) is 47.8. The van der Waals surface area contributed by atoms with Crippen molar-refractivity contribution in [3.63, 3.8) is 0 Å². The van der Waals surface area contributed by atoms with Crippen molar-refractivity contribution in [2.75, 3.05) is 26.4 Å². The lowest BCUT2D eigenvalue weighted by molar-refractivity contribution is -0.376. The first kappa shape index (κ1) is 41.9. The first-order valence-corrected chi connectivity index (χ1v) is 16.1. The summed E-state index contributed by atoms with van der Waals surface area (Å²) in [6.07, 6.45) is -31.7. The minimum absolute atomic E-state index is 0.668. The van der Waals surface area contributed by atoms with Gasteiger partial charge in [-0.15, -0.1) is 0 Å². The van der Waals surface area contributed by atoms with Crippen LogP contribution in [-0.2, 0) is 42.7 Å². The van der Waals surface area contributed by atoms with E-state index in [-0.39, 0.29) is 0 Å². The van der Waals surface area contributed by atoms with Gasteiger partial charge in [0.2, 0.25) is 11.8 Å². The number of rotatable bonds is 12. The molecule has 20 atom stereocenters. The fraction of sp³-hybridized carbons (Fsp3) is 0.929. The fourth-order valence-electron chi connectivity index (χ4n) is 6.25. The first-order chi connectivity index (χ1) is 24.0. The predicted molar refractivity (Wildman–Crippen MR) is 157 cm³/mol. The third-order valence-electron chi connectivity index (χ3n) is 8.99.